The third kappa shape index (κ3) is 3.73. The normalized spacial score (nSPS) is 14.0. The Morgan fingerprint density at radius 1 is 1.39 bits per heavy atom. The highest BCUT2D eigenvalue weighted by Crippen LogP contribution is 2.27. The Bertz CT molecular complexity index is 1010. The number of carbonyl (C=O) groups excluding carboxylic acids is 2. The van der Waals surface area contributed by atoms with Gasteiger partial charge < -0.3 is 15.5 Å². The number of rotatable bonds is 4. The quantitative estimate of drug-likeness (QED) is 0.840. The van der Waals surface area contributed by atoms with Crippen LogP contribution in [0, 0.1) is 28.8 Å². The van der Waals surface area contributed by atoms with Gasteiger partial charge in [0.25, 0.3) is 0 Å². The van der Waals surface area contributed by atoms with Gasteiger partial charge >= 0.3 is 6.03 Å². The van der Waals surface area contributed by atoms with Gasteiger partial charge in [0.1, 0.15) is 12.6 Å². The fourth-order valence-electron chi connectivity index (χ4n) is 2.76. The first-order valence-electron chi connectivity index (χ1n) is 8.18. The maximum atomic E-state index is 13.9. The van der Waals surface area contributed by atoms with Gasteiger partial charge in [-0.3, -0.25) is 9.78 Å². The molecule has 0 unspecified atom stereocenters. The van der Waals surface area contributed by atoms with Crippen LogP contribution in [0.1, 0.15) is 29.8 Å². The van der Waals surface area contributed by atoms with Gasteiger partial charge in [0.2, 0.25) is 5.91 Å². The Morgan fingerprint density at radius 3 is 2.86 bits per heavy atom. The summed E-state index contributed by atoms with van der Waals surface area (Å²) >= 11 is 0. The van der Waals surface area contributed by atoms with Crippen molar-refractivity contribution in [1.29, 1.82) is 5.26 Å². The second-order valence-electron chi connectivity index (χ2n) is 6.16. The van der Waals surface area contributed by atoms with Gasteiger partial charge in [-0.05, 0) is 25.1 Å². The van der Waals surface area contributed by atoms with Crippen LogP contribution in [0.5, 0.6) is 0 Å². The third-order valence-corrected chi connectivity index (χ3v) is 4.23. The van der Waals surface area contributed by atoms with Crippen molar-refractivity contribution in [3.8, 4) is 6.07 Å². The summed E-state index contributed by atoms with van der Waals surface area (Å²) in [5.74, 6) is -3.50. The molecule has 7 nitrogen and oxygen atoms in total. The largest absolute Gasteiger partial charge is 0.346 e. The number of benzene rings is 1. The number of nitriles is 1. The van der Waals surface area contributed by atoms with Gasteiger partial charge in [-0.1, -0.05) is 0 Å². The SMILES string of the molecule is C[C@@H](NC(=O)CN1Cc2c(ccc(F)c2F)NC1=O)c1cc(C#N)c(F)cn1. The van der Waals surface area contributed by atoms with E-state index in [-0.39, 0.29) is 29.1 Å². The summed E-state index contributed by atoms with van der Waals surface area (Å²) in [5.41, 5.74) is 0.135. The Morgan fingerprint density at radius 2 is 2.14 bits per heavy atom. The molecule has 2 heterocycles. The van der Waals surface area contributed by atoms with Crippen LogP contribution in [-0.4, -0.2) is 28.4 Å². The number of nitrogens with one attached hydrogen (secondary N) is 2. The molecule has 28 heavy (non-hydrogen) atoms. The van der Waals surface area contributed by atoms with Crippen molar-refractivity contribution in [1.82, 2.24) is 15.2 Å². The van der Waals surface area contributed by atoms with Gasteiger partial charge in [0, 0.05) is 5.56 Å². The Kier molecular flexibility index (Phi) is 5.17. The lowest BCUT2D eigenvalue weighted by atomic mass is 10.1. The molecule has 0 fully saturated rings. The molecule has 10 heteroatoms. The molecular formula is C18H14F3N5O2. The number of halogens is 3. The highest BCUT2D eigenvalue weighted by molar-refractivity contribution is 5.94. The van der Waals surface area contributed by atoms with Crippen LogP contribution >= 0.6 is 0 Å². The summed E-state index contributed by atoms with van der Waals surface area (Å²) in [6.45, 7) is 0.873. The Balaban J connectivity index is 1.68. The Hall–Kier alpha value is -3.61. The zero-order valence-corrected chi connectivity index (χ0v) is 14.6. The van der Waals surface area contributed by atoms with E-state index < -0.39 is 42.0 Å². The zero-order chi connectivity index (χ0) is 20.4. The highest BCUT2D eigenvalue weighted by atomic mass is 19.2. The summed E-state index contributed by atoms with van der Waals surface area (Å²) in [6.07, 6.45) is 0.878. The number of fused-ring (bicyclic) bond motifs is 1. The smallest absolute Gasteiger partial charge is 0.322 e. The molecule has 0 spiro atoms. The van der Waals surface area contributed by atoms with E-state index in [0.29, 0.717) is 0 Å². The average molecular weight is 389 g/mol. The summed E-state index contributed by atoms with van der Waals surface area (Å²) in [6, 6.07) is 3.74. The lowest BCUT2D eigenvalue weighted by molar-refractivity contribution is -0.122. The number of hydrogen-bond acceptors (Lipinski definition) is 4. The molecule has 1 aliphatic heterocycles. The van der Waals surface area contributed by atoms with Crippen LogP contribution in [0.3, 0.4) is 0 Å². The number of anilines is 1. The predicted octanol–water partition coefficient (Wildman–Crippen LogP) is 2.60. The molecule has 0 bridgehead atoms. The molecule has 1 atom stereocenters. The monoisotopic (exact) mass is 389 g/mol. The first-order valence-corrected chi connectivity index (χ1v) is 8.18. The van der Waals surface area contributed by atoms with Crippen LogP contribution in [0.25, 0.3) is 0 Å². The van der Waals surface area contributed by atoms with E-state index in [4.69, 9.17) is 5.26 Å². The molecule has 2 aromatic rings. The molecule has 0 saturated heterocycles. The lowest BCUT2D eigenvalue weighted by Crippen LogP contribution is -2.45. The standard InChI is InChI=1S/C18H14F3N5O2/c1-9(15-4-10(5-22)13(20)6-23-15)24-16(27)8-26-7-11-14(25-18(26)28)3-2-12(19)17(11)21/h2-4,6,9H,7-8H2,1H3,(H,24,27)(H,25,28)/t9-/m1/s1. The van der Waals surface area contributed by atoms with E-state index >= 15 is 0 Å². The fraction of sp³-hybridized carbons (Fsp3) is 0.222. The average Bonchev–Trinajstić information content (AvgIpc) is 2.66. The predicted molar refractivity (Wildman–Crippen MR) is 91.3 cm³/mol. The molecule has 0 radical (unpaired) electrons. The van der Waals surface area contributed by atoms with E-state index in [1.54, 1.807) is 13.0 Å². The highest BCUT2D eigenvalue weighted by Gasteiger charge is 2.28. The maximum Gasteiger partial charge on any atom is 0.322 e. The molecule has 1 aromatic carbocycles. The van der Waals surface area contributed by atoms with Crippen molar-refractivity contribution < 1.29 is 22.8 Å². The van der Waals surface area contributed by atoms with Crippen molar-refractivity contribution in [2.45, 2.75) is 19.5 Å². The number of aromatic nitrogens is 1. The van der Waals surface area contributed by atoms with Crippen molar-refractivity contribution >= 4 is 17.6 Å². The molecular weight excluding hydrogens is 375 g/mol. The molecule has 1 aliphatic rings. The minimum Gasteiger partial charge on any atom is -0.346 e. The maximum absolute atomic E-state index is 13.9. The molecule has 2 N–H and O–H groups in total. The topological polar surface area (TPSA) is 98.1 Å². The van der Waals surface area contributed by atoms with Gasteiger partial charge in [-0.25, -0.2) is 18.0 Å². The first-order chi connectivity index (χ1) is 13.3. The number of amides is 3. The number of urea groups is 1. The molecule has 3 amide bonds. The fourth-order valence-corrected chi connectivity index (χ4v) is 2.76. The van der Waals surface area contributed by atoms with Crippen LogP contribution in [-0.2, 0) is 11.3 Å². The van der Waals surface area contributed by atoms with E-state index in [0.717, 1.165) is 17.2 Å². The van der Waals surface area contributed by atoms with E-state index in [2.05, 4.69) is 15.6 Å². The van der Waals surface area contributed by atoms with Crippen molar-refractivity contribution in [3.63, 3.8) is 0 Å². The third-order valence-electron chi connectivity index (χ3n) is 4.23. The number of carbonyl (C=O) groups is 2. The molecule has 0 aliphatic carbocycles. The van der Waals surface area contributed by atoms with Crippen molar-refractivity contribution in [3.05, 3.63) is 58.7 Å². The summed E-state index contributed by atoms with van der Waals surface area (Å²) in [7, 11) is 0. The summed E-state index contributed by atoms with van der Waals surface area (Å²) < 4.78 is 40.7. The van der Waals surface area contributed by atoms with Crippen molar-refractivity contribution in [2.24, 2.45) is 0 Å². The van der Waals surface area contributed by atoms with E-state index in [1.165, 1.54) is 12.1 Å². The summed E-state index contributed by atoms with van der Waals surface area (Å²) in [5, 5.41) is 13.8. The first kappa shape index (κ1) is 19.2. The zero-order valence-electron chi connectivity index (χ0n) is 14.6. The number of hydrogen-bond donors (Lipinski definition) is 2. The van der Waals surface area contributed by atoms with Crippen LogP contribution in [0.2, 0.25) is 0 Å². The molecule has 0 saturated carbocycles. The molecule has 144 valence electrons. The van der Waals surface area contributed by atoms with E-state index in [9.17, 15) is 22.8 Å². The number of nitrogens with zero attached hydrogens (tertiary/aromatic N) is 3. The van der Waals surface area contributed by atoms with Crippen molar-refractivity contribution in [2.75, 3.05) is 11.9 Å². The minimum absolute atomic E-state index is 0.0562. The van der Waals surface area contributed by atoms with E-state index in [1.807, 2.05) is 0 Å². The lowest BCUT2D eigenvalue weighted by Gasteiger charge is -2.29. The molecule has 1 aromatic heterocycles. The Labute approximate surface area is 157 Å². The number of pyridine rings is 1. The molecule has 3 rings (SSSR count). The second-order valence-corrected chi connectivity index (χ2v) is 6.16. The van der Waals surface area contributed by atoms with Crippen LogP contribution in [0.4, 0.5) is 23.7 Å². The van der Waals surface area contributed by atoms with Gasteiger partial charge in [0.15, 0.2) is 17.5 Å². The minimum atomic E-state index is -1.09. The van der Waals surface area contributed by atoms with Gasteiger partial charge in [-0.15, -0.1) is 0 Å². The van der Waals surface area contributed by atoms with Gasteiger partial charge in [-0.2, -0.15) is 5.26 Å². The van der Waals surface area contributed by atoms with Crippen LogP contribution in [0.15, 0.2) is 24.4 Å². The summed E-state index contributed by atoms with van der Waals surface area (Å²) in [4.78, 5) is 29.2. The second kappa shape index (κ2) is 7.56. The van der Waals surface area contributed by atoms with Crippen LogP contribution < -0.4 is 10.6 Å². The van der Waals surface area contributed by atoms with Gasteiger partial charge in [0.05, 0.1) is 35.7 Å².